The highest BCUT2D eigenvalue weighted by Crippen LogP contribution is 2.32. The van der Waals surface area contributed by atoms with Crippen molar-refractivity contribution in [3.63, 3.8) is 0 Å². The van der Waals surface area contributed by atoms with E-state index in [0.717, 1.165) is 47.6 Å². The number of hydrogen-bond donors (Lipinski definition) is 2. The van der Waals surface area contributed by atoms with Gasteiger partial charge in [0.05, 0.1) is 17.1 Å². The normalized spacial score (nSPS) is 14.9. The van der Waals surface area contributed by atoms with Crippen molar-refractivity contribution in [2.45, 2.75) is 72.1 Å². The van der Waals surface area contributed by atoms with Crippen molar-refractivity contribution in [2.24, 2.45) is 4.99 Å². The van der Waals surface area contributed by atoms with Crippen molar-refractivity contribution in [1.29, 1.82) is 0 Å². The number of hydrogen-bond acceptors (Lipinski definition) is 1. The predicted octanol–water partition coefficient (Wildman–Crippen LogP) is 8.16. The molecule has 0 atom stereocenters. The quantitative estimate of drug-likeness (QED) is 0.273. The van der Waals surface area contributed by atoms with Gasteiger partial charge in [0, 0.05) is 17.6 Å². The molecule has 34 heavy (non-hydrogen) atoms. The lowest BCUT2D eigenvalue weighted by atomic mass is 10.0. The smallest absolute Gasteiger partial charge is 0.123 e. The van der Waals surface area contributed by atoms with Gasteiger partial charge in [-0.05, 0) is 91.3 Å². The summed E-state index contributed by atoms with van der Waals surface area (Å²) in [5.41, 5.74) is 10.4. The summed E-state index contributed by atoms with van der Waals surface area (Å²) in [6.07, 6.45) is 13.2. The van der Waals surface area contributed by atoms with Crippen molar-refractivity contribution in [2.75, 3.05) is 0 Å². The second kappa shape index (κ2) is 11.3. The van der Waals surface area contributed by atoms with Crippen LogP contribution >= 0.6 is 0 Å². The van der Waals surface area contributed by atoms with Gasteiger partial charge in [-0.2, -0.15) is 0 Å². The summed E-state index contributed by atoms with van der Waals surface area (Å²) in [5, 5.41) is 0. The molecule has 0 fully saturated rings. The van der Waals surface area contributed by atoms with E-state index in [-0.39, 0.29) is 5.82 Å². The maximum atomic E-state index is 13.4. The van der Waals surface area contributed by atoms with Crippen LogP contribution in [0.15, 0.2) is 70.5 Å². The first-order valence-corrected chi connectivity index (χ1v) is 12.7. The van der Waals surface area contributed by atoms with Crippen LogP contribution < -0.4 is 0 Å². The van der Waals surface area contributed by atoms with Gasteiger partial charge in [-0.1, -0.05) is 51.7 Å². The fourth-order valence-corrected chi connectivity index (χ4v) is 4.74. The van der Waals surface area contributed by atoms with Gasteiger partial charge in [0.2, 0.25) is 0 Å². The number of benzene rings is 1. The molecule has 0 saturated heterocycles. The van der Waals surface area contributed by atoms with Crippen LogP contribution in [0, 0.1) is 5.82 Å². The van der Waals surface area contributed by atoms with E-state index >= 15 is 0 Å². The van der Waals surface area contributed by atoms with Gasteiger partial charge in [-0.3, -0.25) is 0 Å². The van der Waals surface area contributed by atoms with Crippen LogP contribution in [0.5, 0.6) is 0 Å². The highest BCUT2D eigenvalue weighted by Gasteiger charge is 2.22. The minimum atomic E-state index is -0.196. The van der Waals surface area contributed by atoms with Crippen LogP contribution in [0.4, 0.5) is 4.39 Å². The third-order valence-corrected chi connectivity index (χ3v) is 6.69. The largest absolute Gasteiger partial charge is 0.360 e. The number of nitrogens with one attached hydrogen (secondary N) is 2. The lowest BCUT2D eigenvalue weighted by Gasteiger charge is -2.04. The second-order valence-corrected chi connectivity index (χ2v) is 9.23. The van der Waals surface area contributed by atoms with E-state index in [0.29, 0.717) is 0 Å². The molecular formula is C30H36FN3. The fourth-order valence-electron chi connectivity index (χ4n) is 4.74. The van der Waals surface area contributed by atoms with Gasteiger partial charge in [0.1, 0.15) is 5.82 Å². The first kappa shape index (κ1) is 24.0. The molecule has 1 aromatic carbocycles. The van der Waals surface area contributed by atoms with Crippen molar-refractivity contribution in [3.05, 3.63) is 99.5 Å². The van der Waals surface area contributed by atoms with Crippen LogP contribution in [-0.4, -0.2) is 15.7 Å². The van der Waals surface area contributed by atoms with E-state index in [2.05, 4.69) is 48.9 Å². The third-order valence-electron chi connectivity index (χ3n) is 6.69. The van der Waals surface area contributed by atoms with Crippen molar-refractivity contribution in [3.8, 4) is 0 Å². The Bertz CT molecular complexity index is 1170. The predicted molar refractivity (Wildman–Crippen MR) is 141 cm³/mol. The number of unbranched alkanes of at least 4 members (excludes halogenated alkanes) is 4. The van der Waals surface area contributed by atoms with Gasteiger partial charge in [-0.25, -0.2) is 9.38 Å². The highest BCUT2D eigenvalue weighted by atomic mass is 19.1. The molecular weight excluding hydrogens is 421 g/mol. The molecule has 0 amide bonds. The molecule has 0 saturated carbocycles. The Morgan fingerprint density at radius 3 is 2.50 bits per heavy atom. The molecule has 0 aliphatic carbocycles. The van der Waals surface area contributed by atoms with Crippen LogP contribution in [0.1, 0.15) is 87.5 Å². The van der Waals surface area contributed by atoms with E-state index in [1.165, 1.54) is 54.5 Å². The van der Waals surface area contributed by atoms with E-state index in [1.807, 2.05) is 24.4 Å². The zero-order valence-corrected chi connectivity index (χ0v) is 20.7. The number of aromatic amines is 2. The lowest BCUT2D eigenvalue weighted by Crippen LogP contribution is -2.02. The molecule has 0 unspecified atom stereocenters. The summed E-state index contributed by atoms with van der Waals surface area (Å²) in [4.78, 5) is 12.0. The topological polar surface area (TPSA) is 43.9 Å². The van der Waals surface area contributed by atoms with Gasteiger partial charge < -0.3 is 9.97 Å². The Labute approximate surface area is 202 Å². The third kappa shape index (κ3) is 5.67. The minimum Gasteiger partial charge on any atom is -0.360 e. The van der Waals surface area contributed by atoms with Crippen LogP contribution in [-0.2, 0) is 12.8 Å². The highest BCUT2D eigenvalue weighted by molar-refractivity contribution is 6.15. The van der Waals surface area contributed by atoms with E-state index in [9.17, 15) is 4.39 Å². The van der Waals surface area contributed by atoms with E-state index in [1.54, 1.807) is 12.1 Å². The first-order valence-electron chi connectivity index (χ1n) is 12.7. The first-order chi connectivity index (χ1) is 16.6. The summed E-state index contributed by atoms with van der Waals surface area (Å²) in [7, 11) is 0. The standard InChI is InChI=1S/C30H36FN3/c1-4-6-7-8-9-11-25-19-23(18-22-13-15-24(31)16-14-22)29(33-25)20-28-21(3)26(5-2)30(34-28)27-12-10-17-32-27/h10,12-17,19-20,32-33H,4-9,11,18H2,1-3H3. The summed E-state index contributed by atoms with van der Waals surface area (Å²) in [6.45, 7) is 6.60. The van der Waals surface area contributed by atoms with Gasteiger partial charge in [-0.15, -0.1) is 0 Å². The molecule has 4 heteroatoms. The molecule has 3 aromatic rings. The molecule has 0 radical (unpaired) electrons. The van der Waals surface area contributed by atoms with Crippen LogP contribution in [0.2, 0.25) is 0 Å². The summed E-state index contributed by atoms with van der Waals surface area (Å²) in [5.74, 6) is -0.196. The Morgan fingerprint density at radius 2 is 1.79 bits per heavy atom. The summed E-state index contributed by atoms with van der Waals surface area (Å²) in [6, 6.07) is 13.2. The SMILES string of the molecule is CCCCCCCc1cc(Cc2ccc(F)cc2)c(C=C2N=C(c3ccc[nH]3)C(CC)=C2C)[nH]1. The Kier molecular flexibility index (Phi) is 7.99. The minimum absolute atomic E-state index is 0.196. The Balaban J connectivity index is 1.64. The van der Waals surface area contributed by atoms with Crippen molar-refractivity contribution in [1.82, 2.24) is 9.97 Å². The van der Waals surface area contributed by atoms with E-state index < -0.39 is 0 Å². The monoisotopic (exact) mass is 457 g/mol. The molecule has 1 aliphatic rings. The number of aliphatic imine (C=N–C) groups is 1. The van der Waals surface area contributed by atoms with Gasteiger partial charge >= 0.3 is 0 Å². The summed E-state index contributed by atoms with van der Waals surface area (Å²) >= 11 is 0. The molecule has 2 N–H and O–H groups in total. The van der Waals surface area contributed by atoms with Crippen LogP contribution in [0.25, 0.3) is 6.08 Å². The fraction of sp³-hybridized carbons (Fsp3) is 0.367. The molecule has 3 nitrogen and oxygen atoms in total. The number of H-pyrrole nitrogens is 2. The molecule has 1 aliphatic heterocycles. The lowest BCUT2D eigenvalue weighted by molar-refractivity contribution is 0.627. The Morgan fingerprint density at radius 1 is 1.00 bits per heavy atom. The Hall–Kier alpha value is -3.14. The summed E-state index contributed by atoms with van der Waals surface area (Å²) < 4.78 is 13.4. The molecule has 0 bridgehead atoms. The molecule has 178 valence electrons. The average Bonchev–Trinajstić information content (AvgIpc) is 3.56. The number of nitrogens with zero attached hydrogens (tertiary/aromatic N) is 1. The number of halogens is 1. The molecule has 0 spiro atoms. The zero-order chi connectivity index (χ0) is 23.9. The number of allylic oxidation sites excluding steroid dienone is 2. The molecule has 2 aromatic heterocycles. The maximum Gasteiger partial charge on any atom is 0.123 e. The molecule has 4 rings (SSSR count). The van der Waals surface area contributed by atoms with Gasteiger partial charge in [0.25, 0.3) is 0 Å². The zero-order valence-electron chi connectivity index (χ0n) is 20.7. The van der Waals surface area contributed by atoms with Crippen molar-refractivity contribution >= 4 is 11.8 Å². The number of aryl methyl sites for hydroxylation is 1. The average molecular weight is 458 g/mol. The van der Waals surface area contributed by atoms with Crippen molar-refractivity contribution < 1.29 is 4.39 Å². The second-order valence-electron chi connectivity index (χ2n) is 9.23. The number of rotatable bonds is 11. The van der Waals surface area contributed by atoms with E-state index in [4.69, 9.17) is 4.99 Å². The molecule has 3 heterocycles. The van der Waals surface area contributed by atoms with Gasteiger partial charge in [0.15, 0.2) is 0 Å². The van der Waals surface area contributed by atoms with Crippen LogP contribution in [0.3, 0.4) is 0 Å². The maximum absolute atomic E-state index is 13.4. The number of aromatic nitrogens is 2.